The van der Waals surface area contributed by atoms with Gasteiger partial charge in [-0.3, -0.25) is 9.69 Å². The molecule has 0 spiro atoms. The molecule has 1 fully saturated rings. The molecule has 1 heterocycles. The van der Waals surface area contributed by atoms with E-state index >= 15 is 0 Å². The molecule has 0 bridgehead atoms. The van der Waals surface area contributed by atoms with Crippen molar-refractivity contribution in [1.82, 2.24) is 10.2 Å². The minimum absolute atomic E-state index is 0.132. The van der Waals surface area contributed by atoms with Gasteiger partial charge >= 0.3 is 5.97 Å². The second-order valence-corrected chi connectivity index (χ2v) is 5.54. The van der Waals surface area contributed by atoms with Crippen LogP contribution < -0.4 is 5.32 Å². The van der Waals surface area contributed by atoms with Gasteiger partial charge in [0.15, 0.2) is 0 Å². The quantitative estimate of drug-likeness (QED) is 0.589. The molecule has 4 heteroatoms. The van der Waals surface area contributed by atoms with E-state index in [1.165, 1.54) is 37.1 Å². The monoisotopic (exact) mass is 290 g/mol. The number of hydrogen-bond acceptors (Lipinski definition) is 4. The average molecular weight is 290 g/mol. The Morgan fingerprint density at radius 2 is 2.05 bits per heavy atom. The van der Waals surface area contributed by atoms with Crippen LogP contribution >= 0.6 is 0 Å². The lowest BCUT2D eigenvalue weighted by Gasteiger charge is -2.15. The fraction of sp³-hybridized carbons (Fsp3) is 0.588. The van der Waals surface area contributed by atoms with Gasteiger partial charge in [-0.05, 0) is 44.0 Å². The Balaban J connectivity index is 1.71. The molecule has 1 aliphatic heterocycles. The molecular formula is C17H26N2O2. The zero-order valence-corrected chi connectivity index (χ0v) is 12.9. The number of rotatable bonds is 8. The molecule has 1 N–H and O–H groups in total. The molecule has 1 aromatic carbocycles. The van der Waals surface area contributed by atoms with E-state index in [9.17, 15) is 4.79 Å². The SMILES string of the molecule is CCOC(=O)CCNCc1cccc(CN2CCCC2)c1. The van der Waals surface area contributed by atoms with Crippen molar-refractivity contribution in [2.75, 3.05) is 26.2 Å². The average Bonchev–Trinajstić information content (AvgIpc) is 2.97. The first kappa shape index (κ1) is 16.0. The summed E-state index contributed by atoms with van der Waals surface area (Å²) in [6, 6.07) is 8.70. The maximum absolute atomic E-state index is 11.2. The van der Waals surface area contributed by atoms with E-state index in [0.29, 0.717) is 19.6 Å². The number of carbonyl (C=O) groups is 1. The number of nitrogens with zero attached hydrogens (tertiary/aromatic N) is 1. The summed E-state index contributed by atoms with van der Waals surface area (Å²) in [4.78, 5) is 13.7. The summed E-state index contributed by atoms with van der Waals surface area (Å²) in [6.45, 7) is 7.25. The van der Waals surface area contributed by atoms with E-state index in [2.05, 4.69) is 34.5 Å². The highest BCUT2D eigenvalue weighted by molar-refractivity contribution is 5.69. The molecule has 0 atom stereocenters. The molecule has 0 saturated carbocycles. The molecule has 1 aromatic rings. The lowest BCUT2D eigenvalue weighted by molar-refractivity contribution is -0.142. The van der Waals surface area contributed by atoms with E-state index in [1.54, 1.807) is 0 Å². The van der Waals surface area contributed by atoms with Gasteiger partial charge in [0.25, 0.3) is 0 Å². The van der Waals surface area contributed by atoms with Gasteiger partial charge in [0, 0.05) is 19.6 Å². The minimum Gasteiger partial charge on any atom is -0.466 e. The third kappa shape index (κ3) is 5.86. The van der Waals surface area contributed by atoms with E-state index in [4.69, 9.17) is 4.74 Å². The van der Waals surface area contributed by atoms with Crippen molar-refractivity contribution in [3.8, 4) is 0 Å². The minimum atomic E-state index is -0.132. The summed E-state index contributed by atoms with van der Waals surface area (Å²) < 4.78 is 4.90. The van der Waals surface area contributed by atoms with Crippen molar-refractivity contribution in [2.24, 2.45) is 0 Å². The topological polar surface area (TPSA) is 41.6 Å². The van der Waals surface area contributed by atoms with Crippen LogP contribution in [0, 0.1) is 0 Å². The zero-order valence-electron chi connectivity index (χ0n) is 12.9. The van der Waals surface area contributed by atoms with E-state index < -0.39 is 0 Å². The Morgan fingerprint density at radius 1 is 1.29 bits per heavy atom. The number of ether oxygens (including phenoxy) is 1. The summed E-state index contributed by atoms with van der Waals surface area (Å²) in [5.74, 6) is -0.132. The van der Waals surface area contributed by atoms with Crippen molar-refractivity contribution in [3.63, 3.8) is 0 Å². The Hall–Kier alpha value is -1.39. The molecular weight excluding hydrogens is 264 g/mol. The van der Waals surface area contributed by atoms with Crippen LogP contribution in [0.25, 0.3) is 0 Å². The highest BCUT2D eigenvalue weighted by atomic mass is 16.5. The summed E-state index contributed by atoms with van der Waals surface area (Å²) in [6.07, 6.45) is 3.09. The van der Waals surface area contributed by atoms with Gasteiger partial charge in [-0.1, -0.05) is 24.3 Å². The highest BCUT2D eigenvalue weighted by Gasteiger charge is 2.11. The van der Waals surface area contributed by atoms with Crippen LogP contribution in [-0.4, -0.2) is 37.1 Å². The van der Waals surface area contributed by atoms with Crippen LogP contribution in [0.3, 0.4) is 0 Å². The summed E-state index contributed by atoms with van der Waals surface area (Å²) in [5, 5.41) is 3.30. The third-order valence-corrected chi connectivity index (χ3v) is 3.74. The second kappa shape index (κ2) is 8.80. The normalized spacial score (nSPS) is 15.3. The van der Waals surface area contributed by atoms with Gasteiger partial charge in [-0.15, -0.1) is 0 Å². The van der Waals surface area contributed by atoms with Crippen molar-refractivity contribution in [3.05, 3.63) is 35.4 Å². The van der Waals surface area contributed by atoms with E-state index in [1.807, 2.05) is 6.92 Å². The summed E-state index contributed by atoms with van der Waals surface area (Å²) in [5.41, 5.74) is 2.65. The molecule has 0 unspecified atom stereocenters. The summed E-state index contributed by atoms with van der Waals surface area (Å²) >= 11 is 0. The van der Waals surface area contributed by atoms with Crippen LogP contribution in [0.4, 0.5) is 0 Å². The lowest BCUT2D eigenvalue weighted by atomic mass is 10.1. The fourth-order valence-electron chi connectivity index (χ4n) is 2.69. The smallest absolute Gasteiger partial charge is 0.307 e. The molecule has 0 aliphatic carbocycles. The van der Waals surface area contributed by atoms with Gasteiger partial charge in [0.1, 0.15) is 0 Å². The standard InChI is InChI=1S/C17H26N2O2/c1-2-21-17(20)8-9-18-13-15-6-5-7-16(12-15)14-19-10-3-4-11-19/h5-7,12,18H,2-4,8-11,13-14H2,1H3. The van der Waals surface area contributed by atoms with Crippen molar-refractivity contribution < 1.29 is 9.53 Å². The predicted molar refractivity (Wildman–Crippen MR) is 83.9 cm³/mol. The second-order valence-electron chi connectivity index (χ2n) is 5.54. The molecule has 116 valence electrons. The van der Waals surface area contributed by atoms with Crippen LogP contribution in [-0.2, 0) is 22.6 Å². The first-order chi connectivity index (χ1) is 10.3. The van der Waals surface area contributed by atoms with Crippen molar-refractivity contribution >= 4 is 5.97 Å². The van der Waals surface area contributed by atoms with E-state index in [-0.39, 0.29) is 5.97 Å². The fourth-order valence-corrected chi connectivity index (χ4v) is 2.69. The van der Waals surface area contributed by atoms with Gasteiger partial charge in [0.2, 0.25) is 0 Å². The zero-order chi connectivity index (χ0) is 14.9. The maximum atomic E-state index is 11.2. The van der Waals surface area contributed by atoms with Gasteiger partial charge in [-0.25, -0.2) is 0 Å². The number of nitrogens with one attached hydrogen (secondary N) is 1. The Bertz CT molecular complexity index is 442. The number of hydrogen-bond donors (Lipinski definition) is 1. The van der Waals surface area contributed by atoms with Gasteiger partial charge < -0.3 is 10.1 Å². The third-order valence-electron chi connectivity index (χ3n) is 3.74. The number of likely N-dealkylation sites (tertiary alicyclic amines) is 1. The van der Waals surface area contributed by atoms with Crippen molar-refractivity contribution in [2.45, 2.75) is 39.3 Å². The van der Waals surface area contributed by atoms with E-state index in [0.717, 1.165) is 13.1 Å². The molecule has 4 nitrogen and oxygen atoms in total. The largest absolute Gasteiger partial charge is 0.466 e. The molecule has 21 heavy (non-hydrogen) atoms. The molecule has 2 rings (SSSR count). The number of esters is 1. The number of carbonyl (C=O) groups excluding carboxylic acids is 1. The molecule has 0 radical (unpaired) electrons. The Kier molecular flexibility index (Phi) is 6.70. The van der Waals surface area contributed by atoms with Crippen molar-refractivity contribution in [1.29, 1.82) is 0 Å². The predicted octanol–water partition coefficient (Wildman–Crippen LogP) is 2.33. The summed E-state index contributed by atoms with van der Waals surface area (Å²) in [7, 11) is 0. The van der Waals surface area contributed by atoms with Crippen LogP contribution in [0.1, 0.15) is 37.3 Å². The molecule has 1 aliphatic rings. The highest BCUT2D eigenvalue weighted by Crippen LogP contribution is 2.13. The van der Waals surface area contributed by atoms with Crippen LogP contribution in [0.5, 0.6) is 0 Å². The first-order valence-electron chi connectivity index (χ1n) is 7.94. The van der Waals surface area contributed by atoms with Gasteiger partial charge in [-0.2, -0.15) is 0 Å². The lowest BCUT2D eigenvalue weighted by Crippen LogP contribution is -2.20. The van der Waals surface area contributed by atoms with Gasteiger partial charge in [0.05, 0.1) is 13.0 Å². The first-order valence-corrected chi connectivity index (χ1v) is 7.94. The van der Waals surface area contributed by atoms with Crippen LogP contribution in [0.2, 0.25) is 0 Å². The van der Waals surface area contributed by atoms with Crippen LogP contribution in [0.15, 0.2) is 24.3 Å². The Labute approximate surface area is 127 Å². The Morgan fingerprint density at radius 3 is 2.81 bits per heavy atom. The molecule has 0 aromatic heterocycles. The molecule has 1 saturated heterocycles. The maximum Gasteiger partial charge on any atom is 0.307 e. The molecule has 0 amide bonds. The number of benzene rings is 1.